The van der Waals surface area contributed by atoms with Crippen molar-refractivity contribution in [3.05, 3.63) is 66.6 Å². The Labute approximate surface area is 243 Å². The van der Waals surface area contributed by atoms with Gasteiger partial charge in [-0.15, -0.1) is 0 Å². The fraction of sp³-hybridized carbons (Fsp3) is 0.433. The molecule has 0 bridgehead atoms. The quantitative estimate of drug-likeness (QED) is 0.183. The summed E-state index contributed by atoms with van der Waals surface area (Å²) in [4.78, 5) is 16.7. The molecule has 4 aromatic rings. The molecule has 3 N–H and O–H groups in total. The van der Waals surface area contributed by atoms with Gasteiger partial charge in [0.05, 0.1) is 18.4 Å². The van der Waals surface area contributed by atoms with Crippen LogP contribution in [0.4, 0.5) is 5.82 Å². The van der Waals surface area contributed by atoms with E-state index in [4.69, 9.17) is 24.3 Å². The van der Waals surface area contributed by atoms with E-state index in [1.54, 1.807) is 10.6 Å². The molecule has 0 radical (unpaired) electrons. The van der Waals surface area contributed by atoms with Crippen molar-refractivity contribution >= 4 is 35.8 Å². The number of nitrogens with one attached hydrogen (secondary N) is 1. The fourth-order valence-electron chi connectivity index (χ4n) is 6.42. The number of rotatable bonds is 10. The van der Waals surface area contributed by atoms with Gasteiger partial charge < -0.3 is 19.7 Å². The van der Waals surface area contributed by atoms with Crippen LogP contribution in [0.1, 0.15) is 56.7 Å². The van der Waals surface area contributed by atoms with Crippen LogP contribution in [0, 0.1) is 5.41 Å². The summed E-state index contributed by atoms with van der Waals surface area (Å²) in [5, 5.41) is 8.78. The number of anilines is 1. The second-order valence-corrected chi connectivity index (χ2v) is 13.3. The molecule has 1 saturated heterocycles. The van der Waals surface area contributed by atoms with Gasteiger partial charge in [-0.25, -0.2) is 19.2 Å². The molecule has 2 aromatic heterocycles. The Morgan fingerprint density at radius 2 is 1.95 bits per heavy atom. The monoisotopic (exact) mass is 591 g/mol. The number of nitrogen functional groups attached to an aromatic ring is 1. The van der Waals surface area contributed by atoms with E-state index in [1.165, 1.54) is 25.6 Å². The van der Waals surface area contributed by atoms with Gasteiger partial charge in [-0.2, -0.15) is 5.10 Å². The topological polar surface area (TPSA) is 139 Å². The predicted molar refractivity (Wildman–Crippen MR) is 156 cm³/mol. The largest absolute Gasteiger partial charge is 0.461 e. The molecule has 220 valence electrons. The van der Waals surface area contributed by atoms with E-state index in [1.807, 2.05) is 48.5 Å². The molecule has 12 heteroatoms. The first-order valence-corrected chi connectivity index (χ1v) is 16.0. The highest BCUT2D eigenvalue weighted by molar-refractivity contribution is 7.52. The maximum Gasteiger partial charge on any atom is 0.459 e. The second kappa shape index (κ2) is 11.0. The lowest BCUT2D eigenvalue weighted by Gasteiger charge is -2.53. The molecule has 3 atom stereocenters. The molecule has 3 aliphatic rings. The highest BCUT2D eigenvalue weighted by Crippen LogP contribution is 2.56. The Balaban J connectivity index is 1.02. The number of hydrogen-bond acceptors (Lipinski definition) is 9. The Hall–Kier alpha value is -3.50. The van der Waals surface area contributed by atoms with E-state index in [0.29, 0.717) is 28.9 Å². The Kier molecular flexibility index (Phi) is 7.14. The molecule has 11 nitrogen and oxygen atoms in total. The van der Waals surface area contributed by atoms with Crippen LogP contribution in [0.25, 0.3) is 16.3 Å². The summed E-state index contributed by atoms with van der Waals surface area (Å²) in [6.07, 6.45) is 7.67. The summed E-state index contributed by atoms with van der Waals surface area (Å²) in [6, 6.07) is 16.9. The number of nitrogens with two attached hydrogens (primary N) is 1. The summed E-state index contributed by atoms with van der Waals surface area (Å²) >= 11 is 0. The molecule has 3 heterocycles. The van der Waals surface area contributed by atoms with Gasteiger partial charge in [-0.1, -0.05) is 42.8 Å². The number of hydrogen-bond donors (Lipinski definition) is 2. The minimum Gasteiger partial charge on any atom is -0.461 e. The van der Waals surface area contributed by atoms with Crippen molar-refractivity contribution in [1.82, 2.24) is 19.7 Å². The van der Waals surface area contributed by atoms with E-state index in [-0.39, 0.29) is 31.5 Å². The maximum atomic E-state index is 14.1. The zero-order valence-corrected chi connectivity index (χ0v) is 24.1. The first-order valence-electron chi connectivity index (χ1n) is 14.5. The number of esters is 1. The summed E-state index contributed by atoms with van der Waals surface area (Å²) in [7, 11) is -4.00. The average Bonchev–Trinajstić information content (AvgIpc) is 3.60. The first kappa shape index (κ1) is 27.3. The molecule has 2 aromatic carbocycles. The zero-order chi connectivity index (χ0) is 28.7. The van der Waals surface area contributed by atoms with Crippen LogP contribution in [0.2, 0.25) is 0 Å². The average molecular weight is 592 g/mol. The minimum atomic E-state index is -4.00. The molecular formula is C30H34N5O6P. The number of carbonyl (C=O) groups is 1. The van der Waals surface area contributed by atoms with Crippen LogP contribution in [0.3, 0.4) is 0 Å². The van der Waals surface area contributed by atoms with Gasteiger partial charge in [0, 0.05) is 5.39 Å². The van der Waals surface area contributed by atoms with Crippen LogP contribution in [-0.2, 0) is 23.4 Å². The van der Waals surface area contributed by atoms with Gasteiger partial charge in [0.1, 0.15) is 36.3 Å². The van der Waals surface area contributed by atoms with E-state index < -0.39 is 13.7 Å². The molecule has 3 unspecified atom stereocenters. The van der Waals surface area contributed by atoms with Gasteiger partial charge in [-0.05, 0) is 67.5 Å². The van der Waals surface area contributed by atoms with Crippen molar-refractivity contribution in [1.29, 1.82) is 0 Å². The molecule has 42 heavy (non-hydrogen) atoms. The van der Waals surface area contributed by atoms with Gasteiger partial charge in [-0.3, -0.25) is 9.32 Å². The highest BCUT2D eigenvalue weighted by Gasteiger charge is 2.49. The van der Waals surface area contributed by atoms with E-state index in [2.05, 4.69) is 15.2 Å². The highest BCUT2D eigenvalue weighted by atomic mass is 31.2. The predicted octanol–water partition coefficient (Wildman–Crippen LogP) is 5.35. The van der Waals surface area contributed by atoms with Crippen molar-refractivity contribution in [2.24, 2.45) is 5.41 Å². The lowest BCUT2D eigenvalue weighted by molar-refractivity contribution is -0.166. The molecule has 0 amide bonds. The number of ether oxygens (including phenoxy) is 2. The van der Waals surface area contributed by atoms with Gasteiger partial charge in [0.25, 0.3) is 0 Å². The van der Waals surface area contributed by atoms with Crippen molar-refractivity contribution in [3.8, 4) is 5.75 Å². The van der Waals surface area contributed by atoms with Crippen molar-refractivity contribution < 1.29 is 27.9 Å². The molecule has 7 rings (SSSR count). The Morgan fingerprint density at radius 3 is 2.79 bits per heavy atom. The first-order chi connectivity index (χ1) is 20.4. The summed E-state index contributed by atoms with van der Waals surface area (Å²) in [5.41, 5.74) is 7.94. The summed E-state index contributed by atoms with van der Waals surface area (Å²) in [6.45, 7) is -0.289. The SMILES string of the molecule is Nc1ncnn2c(C3CCC(COP(=O)(NCC(=O)OC4CC5(CCC5)C4)Oc4cccc5ccccc45)O3)ccc12. The van der Waals surface area contributed by atoms with Crippen LogP contribution in [-0.4, -0.2) is 45.9 Å². The zero-order valence-electron chi connectivity index (χ0n) is 23.2. The second-order valence-electron chi connectivity index (χ2n) is 11.6. The lowest BCUT2D eigenvalue weighted by Crippen LogP contribution is -2.48. The number of benzene rings is 2. The maximum absolute atomic E-state index is 14.1. The normalized spacial score (nSPS) is 23.0. The summed E-state index contributed by atoms with van der Waals surface area (Å²) in [5.74, 6) is 0.313. The van der Waals surface area contributed by atoms with Crippen molar-refractivity contribution in [3.63, 3.8) is 0 Å². The molecule has 1 aliphatic heterocycles. The smallest absolute Gasteiger partial charge is 0.459 e. The van der Waals surface area contributed by atoms with Crippen LogP contribution < -0.4 is 15.3 Å². The van der Waals surface area contributed by atoms with Crippen LogP contribution >= 0.6 is 7.75 Å². The fourth-order valence-corrected chi connectivity index (χ4v) is 7.73. The number of carbonyl (C=O) groups excluding carboxylic acids is 1. The van der Waals surface area contributed by atoms with E-state index in [9.17, 15) is 9.36 Å². The van der Waals surface area contributed by atoms with Gasteiger partial charge in [0.15, 0.2) is 5.82 Å². The van der Waals surface area contributed by atoms with Crippen molar-refractivity contribution in [2.75, 3.05) is 18.9 Å². The molecule has 3 fully saturated rings. The Bertz CT molecular complexity index is 1660. The van der Waals surface area contributed by atoms with E-state index in [0.717, 1.165) is 35.7 Å². The van der Waals surface area contributed by atoms with Crippen molar-refractivity contribution in [2.45, 2.75) is 63.3 Å². The third kappa shape index (κ3) is 5.38. The van der Waals surface area contributed by atoms with Gasteiger partial charge >= 0.3 is 13.7 Å². The lowest BCUT2D eigenvalue weighted by atomic mass is 9.55. The van der Waals surface area contributed by atoms with E-state index >= 15 is 0 Å². The number of aromatic nitrogens is 3. The minimum absolute atomic E-state index is 0.00612. The van der Waals surface area contributed by atoms with Crippen LogP contribution in [0.15, 0.2) is 60.9 Å². The Morgan fingerprint density at radius 1 is 1.12 bits per heavy atom. The molecule has 1 spiro atoms. The molecular weight excluding hydrogens is 557 g/mol. The van der Waals surface area contributed by atoms with Gasteiger partial charge in [0.2, 0.25) is 0 Å². The molecule has 2 aliphatic carbocycles. The standard InChI is InChI=1S/C30H34N5O6P/c31-29-25-11-10-24(35(25)33-19-32-29)27-12-9-21(39-27)18-38-42(37,41-26-8-3-6-20-5-1-2-7-23(20)26)34-17-28(36)40-22-15-30(16-22)13-4-14-30/h1-3,5-8,10-11,19,21-22,27H,4,9,12-18H2,(H,34,37)(H2,31,32,33). The van der Waals surface area contributed by atoms with Crippen LogP contribution in [0.5, 0.6) is 5.75 Å². The third-order valence-corrected chi connectivity index (χ3v) is 10.3. The third-order valence-electron chi connectivity index (χ3n) is 8.80. The molecule has 2 saturated carbocycles. The summed E-state index contributed by atoms with van der Waals surface area (Å²) < 4.78 is 39.7. The number of nitrogens with zero attached hydrogens (tertiary/aromatic N) is 3. The number of fused-ring (bicyclic) bond motifs is 2.